The van der Waals surface area contributed by atoms with Crippen molar-refractivity contribution in [1.82, 2.24) is 19.5 Å². The van der Waals surface area contributed by atoms with Crippen molar-refractivity contribution in [3.63, 3.8) is 0 Å². The number of anilines is 1. The average Bonchev–Trinajstić information content (AvgIpc) is 3.15. The molecule has 6 heteroatoms. The maximum absolute atomic E-state index is 13.4. The zero-order valence-electron chi connectivity index (χ0n) is 15.7. The van der Waals surface area contributed by atoms with E-state index in [-0.39, 0.29) is 11.9 Å². The molecule has 2 aromatic heterocycles. The monoisotopic (exact) mass is 373 g/mol. The molecule has 4 aromatic rings. The number of halogens is 1. The molecule has 0 amide bonds. The lowest BCUT2D eigenvalue weighted by Gasteiger charge is -2.15. The fourth-order valence-corrected chi connectivity index (χ4v) is 3.11. The fourth-order valence-electron chi connectivity index (χ4n) is 3.11. The molecule has 0 bridgehead atoms. The van der Waals surface area contributed by atoms with Gasteiger partial charge in [-0.25, -0.2) is 19.3 Å². The predicted octanol–water partition coefficient (Wildman–Crippen LogP) is 4.98. The molecule has 0 saturated carbocycles. The molecule has 0 aliphatic carbocycles. The molecule has 0 aliphatic rings. The zero-order chi connectivity index (χ0) is 19.7. The van der Waals surface area contributed by atoms with E-state index in [1.54, 1.807) is 24.7 Å². The molecule has 5 nitrogen and oxygen atoms in total. The van der Waals surface area contributed by atoms with E-state index in [0.29, 0.717) is 22.9 Å². The van der Waals surface area contributed by atoms with Crippen LogP contribution in [0.15, 0.2) is 67.1 Å². The van der Waals surface area contributed by atoms with E-state index >= 15 is 0 Å². The van der Waals surface area contributed by atoms with E-state index in [0.717, 1.165) is 16.8 Å². The third-order valence-electron chi connectivity index (χ3n) is 4.54. The minimum Gasteiger partial charge on any atom is -0.396 e. The molecule has 0 spiro atoms. The van der Waals surface area contributed by atoms with E-state index < -0.39 is 0 Å². The molecule has 0 fully saturated rings. The summed E-state index contributed by atoms with van der Waals surface area (Å²) >= 11 is 0. The standard InChI is InChI=1S/C22H20FN5/c1-14(2)28-13-26-19(15-8-10-17(23)11-9-15)21(28)20-18(24)12-25-22(27-20)16-6-4-3-5-7-16/h3-14H,24H2,1-2H3. The second-order valence-corrected chi connectivity index (χ2v) is 6.81. The van der Waals surface area contributed by atoms with Crippen LogP contribution >= 0.6 is 0 Å². The first-order valence-electron chi connectivity index (χ1n) is 9.05. The van der Waals surface area contributed by atoms with Crippen molar-refractivity contribution in [3.8, 4) is 34.0 Å². The molecule has 0 saturated heterocycles. The van der Waals surface area contributed by atoms with Crippen molar-refractivity contribution in [2.75, 3.05) is 5.73 Å². The number of benzene rings is 2. The topological polar surface area (TPSA) is 69.6 Å². The van der Waals surface area contributed by atoms with E-state index in [1.807, 2.05) is 34.9 Å². The Morgan fingerprint density at radius 1 is 0.893 bits per heavy atom. The molecule has 0 aliphatic heterocycles. The molecule has 2 heterocycles. The van der Waals surface area contributed by atoms with Crippen LogP contribution in [0.1, 0.15) is 19.9 Å². The Morgan fingerprint density at radius 2 is 1.61 bits per heavy atom. The molecular weight excluding hydrogens is 353 g/mol. The van der Waals surface area contributed by atoms with Gasteiger partial charge in [0.05, 0.1) is 29.6 Å². The summed E-state index contributed by atoms with van der Waals surface area (Å²) in [4.78, 5) is 13.7. The molecule has 2 N–H and O–H groups in total. The summed E-state index contributed by atoms with van der Waals surface area (Å²) < 4.78 is 15.4. The number of imidazole rings is 1. The third-order valence-corrected chi connectivity index (χ3v) is 4.54. The zero-order valence-corrected chi connectivity index (χ0v) is 15.7. The predicted molar refractivity (Wildman–Crippen MR) is 109 cm³/mol. The Hall–Kier alpha value is -3.54. The van der Waals surface area contributed by atoms with Crippen LogP contribution < -0.4 is 5.73 Å². The maximum atomic E-state index is 13.4. The smallest absolute Gasteiger partial charge is 0.159 e. The first-order chi connectivity index (χ1) is 13.5. The van der Waals surface area contributed by atoms with Gasteiger partial charge in [-0.3, -0.25) is 0 Å². The van der Waals surface area contributed by atoms with Gasteiger partial charge in [0.25, 0.3) is 0 Å². The van der Waals surface area contributed by atoms with Crippen LogP contribution in [0.4, 0.5) is 10.1 Å². The van der Waals surface area contributed by atoms with Gasteiger partial charge in [0.2, 0.25) is 0 Å². The van der Waals surface area contributed by atoms with Crippen molar-refractivity contribution in [1.29, 1.82) is 0 Å². The first-order valence-corrected chi connectivity index (χ1v) is 9.05. The second kappa shape index (κ2) is 7.23. The molecule has 0 unspecified atom stereocenters. The Morgan fingerprint density at radius 3 is 2.29 bits per heavy atom. The molecule has 0 radical (unpaired) electrons. The van der Waals surface area contributed by atoms with Gasteiger partial charge < -0.3 is 10.3 Å². The van der Waals surface area contributed by atoms with Crippen LogP contribution in [0.2, 0.25) is 0 Å². The number of hydrogen-bond acceptors (Lipinski definition) is 4. The minimum atomic E-state index is -0.290. The highest BCUT2D eigenvalue weighted by atomic mass is 19.1. The van der Waals surface area contributed by atoms with Gasteiger partial charge in [0, 0.05) is 17.2 Å². The van der Waals surface area contributed by atoms with Gasteiger partial charge in [0.1, 0.15) is 11.5 Å². The van der Waals surface area contributed by atoms with E-state index in [1.165, 1.54) is 12.1 Å². The summed E-state index contributed by atoms with van der Waals surface area (Å²) in [7, 11) is 0. The van der Waals surface area contributed by atoms with Crippen molar-refractivity contribution in [3.05, 3.63) is 72.9 Å². The van der Waals surface area contributed by atoms with Crippen LogP contribution in [0.3, 0.4) is 0 Å². The quantitative estimate of drug-likeness (QED) is 0.548. The maximum Gasteiger partial charge on any atom is 0.159 e. The molecule has 140 valence electrons. The van der Waals surface area contributed by atoms with Crippen LogP contribution in [-0.4, -0.2) is 19.5 Å². The normalized spacial score (nSPS) is 11.1. The number of aromatic nitrogens is 4. The van der Waals surface area contributed by atoms with Crippen molar-refractivity contribution < 1.29 is 4.39 Å². The van der Waals surface area contributed by atoms with Crippen LogP contribution in [-0.2, 0) is 0 Å². The van der Waals surface area contributed by atoms with Crippen LogP contribution in [0.25, 0.3) is 34.0 Å². The number of hydrogen-bond donors (Lipinski definition) is 1. The fraction of sp³-hybridized carbons (Fsp3) is 0.136. The van der Waals surface area contributed by atoms with Gasteiger partial charge >= 0.3 is 0 Å². The summed E-state index contributed by atoms with van der Waals surface area (Å²) in [6, 6.07) is 16.1. The Balaban J connectivity index is 1.93. The molecule has 28 heavy (non-hydrogen) atoms. The lowest BCUT2D eigenvalue weighted by molar-refractivity contribution is 0.604. The summed E-state index contributed by atoms with van der Waals surface area (Å²) in [5.74, 6) is 0.299. The minimum absolute atomic E-state index is 0.145. The average molecular weight is 373 g/mol. The largest absolute Gasteiger partial charge is 0.396 e. The van der Waals surface area contributed by atoms with Crippen molar-refractivity contribution >= 4 is 5.69 Å². The summed E-state index contributed by atoms with van der Waals surface area (Å²) in [6.07, 6.45) is 3.39. The summed E-state index contributed by atoms with van der Waals surface area (Å²) in [5.41, 5.74) is 10.5. The number of nitrogens with two attached hydrogens (primary N) is 1. The lowest BCUT2D eigenvalue weighted by Crippen LogP contribution is -2.06. The van der Waals surface area contributed by atoms with E-state index in [9.17, 15) is 4.39 Å². The van der Waals surface area contributed by atoms with Crippen molar-refractivity contribution in [2.45, 2.75) is 19.9 Å². The summed E-state index contributed by atoms with van der Waals surface area (Å²) in [5, 5.41) is 0. The van der Waals surface area contributed by atoms with Gasteiger partial charge in [0.15, 0.2) is 5.82 Å². The Labute approximate surface area is 162 Å². The highest BCUT2D eigenvalue weighted by molar-refractivity contribution is 5.83. The lowest BCUT2D eigenvalue weighted by atomic mass is 10.1. The van der Waals surface area contributed by atoms with Gasteiger partial charge in [-0.15, -0.1) is 0 Å². The Kier molecular flexibility index (Phi) is 4.61. The van der Waals surface area contributed by atoms with Gasteiger partial charge in [-0.1, -0.05) is 30.3 Å². The second-order valence-electron chi connectivity index (χ2n) is 6.81. The molecule has 4 rings (SSSR count). The van der Waals surface area contributed by atoms with Gasteiger partial charge in [-0.2, -0.15) is 0 Å². The van der Waals surface area contributed by atoms with Crippen molar-refractivity contribution in [2.24, 2.45) is 0 Å². The van der Waals surface area contributed by atoms with Crippen LogP contribution in [0.5, 0.6) is 0 Å². The number of nitrogen functional groups attached to an aromatic ring is 1. The number of nitrogens with zero attached hydrogens (tertiary/aromatic N) is 4. The van der Waals surface area contributed by atoms with E-state index in [2.05, 4.69) is 23.8 Å². The van der Waals surface area contributed by atoms with Gasteiger partial charge in [-0.05, 0) is 38.1 Å². The van der Waals surface area contributed by atoms with Crippen LogP contribution in [0, 0.1) is 5.82 Å². The Bertz CT molecular complexity index is 1100. The summed E-state index contributed by atoms with van der Waals surface area (Å²) in [6.45, 7) is 4.13. The number of rotatable bonds is 4. The molecule has 0 atom stereocenters. The SMILES string of the molecule is CC(C)n1cnc(-c2ccc(F)cc2)c1-c1nc(-c2ccccc2)ncc1N. The van der Waals surface area contributed by atoms with E-state index in [4.69, 9.17) is 10.7 Å². The molecular formula is C22H20FN5. The highest BCUT2D eigenvalue weighted by Crippen LogP contribution is 2.35. The third kappa shape index (κ3) is 3.24. The molecule has 2 aromatic carbocycles. The first kappa shape index (κ1) is 17.9. The highest BCUT2D eigenvalue weighted by Gasteiger charge is 2.21.